The fourth-order valence-electron chi connectivity index (χ4n) is 3.30. The quantitative estimate of drug-likeness (QED) is 0.536. The molecule has 1 atom stereocenters. The van der Waals surface area contributed by atoms with Crippen molar-refractivity contribution in [1.29, 1.82) is 0 Å². The summed E-state index contributed by atoms with van der Waals surface area (Å²) in [6.07, 6.45) is 3.77. The molecule has 28 heavy (non-hydrogen) atoms. The molecule has 3 rings (SSSR count). The molecule has 1 aliphatic rings. The first-order valence-corrected chi connectivity index (χ1v) is 10.4. The van der Waals surface area contributed by atoms with Crippen molar-refractivity contribution < 1.29 is 23.2 Å². The number of sulfonamides is 1. The molecule has 0 aliphatic carbocycles. The van der Waals surface area contributed by atoms with Gasteiger partial charge >= 0.3 is 0 Å². The molecular weight excluding hydrogens is 382 g/mol. The lowest BCUT2D eigenvalue weighted by Gasteiger charge is -2.32. The van der Waals surface area contributed by atoms with Gasteiger partial charge in [0, 0.05) is 25.4 Å². The van der Waals surface area contributed by atoms with E-state index in [1.165, 1.54) is 6.07 Å². The van der Waals surface area contributed by atoms with Crippen LogP contribution in [0.5, 0.6) is 5.75 Å². The van der Waals surface area contributed by atoms with Gasteiger partial charge in [-0.15, -0.1) is 0 Å². The van der Waals surface area contributed by atoms with Crippen LogP contribution in [0.2, 0.25) is 0 Å². The van der Waals surface area contributed by atoms with E-state index in [1.807, 2.05) is 0 Å². The number of nitrogens with one attached hydrogen (secondary N) is 1. The van der Waals surface area contributed by atoms with E-state index in [0.717, 1.165) is 9.87 Å². The summed E-state index contributed by atoms with van der Waals surface area (Å²) in [5.74, 6) is -0.491. The number of carbonyl (C=O) groups excluding carboxylic acids is 1. The van der Waals surface area contributed by atoms with Crippen LogP contribution in [0.1, 0.15) is 25.0 Å². The summed E-state index contributed by atoms with van der Waals surface area (Å²) in [5.41, 5.74) is 3.04. The van der Waals surface area contributed by atoms with Crippen LogP contribution in [0.25, 0.3) is 0 Å². The van der Waals surface area contributed by atoms with E-state index in [4.69, 9.17) is 4.74 Å². The monoisotopic (exact) mass is 405 g/mol. The average Bonchev–Trinajstić information content (AvgIpc) is 3.15. The summed E-state index contributed by atoms with van der Waals surface area (Å²) in [4.78, 5) is 16.4. The number of fused-ring (bicyclic) bond motifs is 1. The van der Waals surface area contributed by atoms with Crippen molar-refractivity contribution in [3.8, 4) is 5.75 Å². The number of pyridine rings is 1. The average molecular weight is 405 g/mol. The Bertz CT molecular complexity index is 947. The van der Waals surface area contributed by atoms with Gasteiger partial charge in [0.15, 0.2) is 0 Å². The predicted octanol–water partition coefficient (Wildman–Crippen LogP) is 1.74. The Morgan fingerprint density at radius 2 is 2.14 bits per heavy atom. The summed E-state index contributed by atoms with van der Waals surface area (Å²) < 4.78 is 33.6. The van der Waals surface area contributed by atoms with Crippen LogP contribution >= 0.6 is 0 Å². The minimum atomic E-state index is -4.04. The normalized spacial score (nSPS) is 14.6. The Morgan fingerprint density at radius 1 is 1.36 bits per heavy atom. The highest BCUT2D eigenvalue weighted by Gasteiger charge is 2.38. The molecule has 1 amide bonds. The Labute approximate surface area is 164 Å². The highest BCUT2D eigenvalue weighted by Crippen LogP contribution is 2.31. The largest absolute Gasteiger partial charge is 0.493 e. The zero-order valence-corrected chi connectivity index (χ0v) is 16.5. The van der Waals surface area contributed by atoms with Gasteiger partial charge in [-0.05, 0) is 41.3 Å². The third-order valence-electron chi connectivity index (χ3n) is 4.65. The number of rotatable bonds is 7. The second-order valence-corrected chi connectivity index (χ2v) is 8.83. The zero-order chi connectivity index (χ0) is 20.3. The highest BCUT2D eigenvalue weighted by molar-refractivity contribution is 7.89. The molecule has 8 nitrogen and oxygen atoms in total. The first-order chi connectivity index (χ1) is 13.3. The second kappa shape index (κ2) is 8.26. The molecule has 0 radical (unpaired) electrons. The highest BCUT2D eigenvalue weighted by atomic mass is 32.2. The molecule has 1 aromatic carbocycles. The number of hydrogen-bond acceptors (Lipinski definition) is 6. The lowest BCUT2D eigenvalue weighted by molar-refractivity contribution is -0.134. The number of aromatic nitrogens is 1. The van der Waals surface area contributed by atoms with Crippen LogP contribution in [0, 0.1) is 5.92 Å². The fraction of sp³-hybridized carbons (Fsp3) is 0.368. The molecule has 0 unspecified atom stereocenters. The number of carbonyl (C=O) groups is 1. The topological polar surface area (TPSA) is 109 Å². The van der Waals surface area contributed by atoms with Gasteiger partial charge in [-0.2, -0.15) is 4.31 Å². The van der Waals surface area contributed by atoms with Crippen molar-refractivity contribution in [2.24, 2.45) is 5.92 Å². The van der Waals surface area contributed by atoms with E-state index in [9.17, 15) is 18.4 Å². The van der Waals surface area contributed by atoms with Crippen molar-refractivity contribution in [3.63, 3.8) is 0 Å². The Kier molecular flexibility index (Phi) is 5.97. The van der Waals surface area contributed by atoms with Crippen LogP contribution in [-0.4, -0.2) is 41.5 Å². The maximum absolute atomic E-state index is 13.5. The molecule has 1 aromatic heterocycles. The van der Waals surface area contributed by atoms with E-state index in [1.54, 1.807) is 56.0 Å². The number of nitrogens with zero attached hydrogens (tertiary/aromatic N) is 2. The molecule has 1 aliphatic heterocycles. The summed E-state index contributed by atoms with van der Waals surface area (Å²) >= 11 is 0. The summed E-state index contributed by atoms with van der Waals surface area (Å²) in [6, 6.07) is 7.03. The molecule has 150 valence electrons. The van der Waals surface area contributed by atoms with E-state index >= 15 is 0 Å². The van der Waals surface area contributed by atoms with Crippen molar-refractivity contribution in [1.82, 2.24) is 14.8 Å². The number of benzene rings is 1. The van der Waals surface area contributed by atoms with Crippen molar-refractivity contribution >= 4 is 15.9 Å². The number of hydrogen-bond donors (Lipinski definition) is 2. The van der Waals surface area contributed by atoms with E-state index in [-0.39, 0.29) is 17.4 Å². The predicted molar refractivity (Wildman–Crippen MR) is 101 cm³/mol. The maximum Gasteiger partial charge on any atom is 0.262 e. The molecule has 2 heterocycles. The van der Waals surface area contributed by atoms with E-state index in [0.29, 0.717) is 24.3 Å². The van der Waals surface area contributed by atoms with Crippen molar-refractivity contribution in [2.45, 2.75) is 37.8 Å². The van der Waals surface area contributed by atoms with Gasteiger partial charge in [0.1, 0.15) is 11.8 Å². The van der Waals surface area contributed by atoms with Crippen LogP contribution in [0.4, 0.5) is 0 Å². The third-order valence-corrected chi connectivity index (χ3v) is 6.47. The summed E-state index contributed by atoms with van der Waals surface area (Å²) in [6.45, 7) is 3.91. The third kappa shape index (κ3) is 4.01. The second-order valence-electron chi connectivity index (χ2n) is 6.94. The number of amides is 1. The molecule has 0 saturated carbocycles. The van der Waals surface area contributed by atoms with Crippen molar-refractivity contribution in [2.75, 3.05) is 6.61 Å². The van der Waals surface area contributed by atoms with E-state index in [2.05, 4.69) is 4.98 Å². The van der Waals surface area contributed by atoms with Gasteiger partial charge in [-0.3, -0.25) is 15.0 Å². The molecule has 2 N–H and O–H groups in total. The van der Waals surface area contributed by atoms with Gasteiger partial charge in [0.2, 0.25) is 10.0 Å². The van der Waals surface area contributed by atoms with E-state index < -0.39 is 22.0 Å². The molecular formula is C19H23N3O5S. The Balaban J connectivity index is 2.07. The van der Waals surface area contributed by atoms with Crippen LogP contribution < -0.4 is 10.2 Å². The van der Waals surface area contributed by atoms with Crippen LogP contribution in [0.15, 0.2) is 47.6 Å². The standard InChI is InChI=1S/C19H23N3O5S/c1-13(2)18(19(23)21-24)22(12-14-4-3-8-20-11-14)28(25,26)16-5-6-17-15(10-16)7-9-27-17/h3-6,8,10-11,13,18,24H,7,9,12H2,1-2H3,(H,21,23)/t18-/m1/s1. The first-order valence-electron chi connectivity index (χ1n) is 8.95. The fourth-order valence-corrected chi connectivity index (χ4v) is 5.05. The number of ether oxygens (including phenoxy) is 1. The summed E-state index contributed by atoms with van der Waals surface area (Å²) in [5, 5.41) is 9.18. The lowest BCUT2D eigenvalue weighted by Crippen LogP contribution is -2.51. The van der Waals surface area contributed by atoms with Crippen molar-refractivity contribution in [3.05, 3.63) is 53.9 Å². The number of hydroxylamine groups is 1. The maximum atomic E-state index is 13.5. The van der Waals surface area contributed by atoms with Crippen LogP contribution in [-0.2, 0) is 27.8 Å². The molecule has 0 saturated heterocycles. The lowest BCUT2D eigenvalue weighted by atomic mass is 10.0. The molecule has 0 bridgehead atoms. The Hall–Kier alpha value is -2.49. The van der Waals surface area contributed by atoms with Crippen LogP contribution in [0.3, 0.4) is 0 Å². The van der Waals surface area contributed by atoms with Gasteiger partial charge in [-0.25, -0.2) is 13.9 Å². The SMILES string of the molecule is CC(C)[C@H](C(=O)NO)N(Cc1cccnc1)S(=O)(=O)c1ccc2c(c1)CCO2. The van der Waals surface area contributed by atoms with Gasteiger partial charge < -0.3 is 4.74 Å². The first kappa shape index (κ1) is 20.2. The molecule has 0 fully saturated rings. The smallest absolute Gasteiger partial charge is 0.262 e. The molecule has 2 aromatic rings. The summed E-state index contributed by atoms with van der Waals surface area (Å²) in [7, 11) is -4.04. The van der Waals surface area contributed by atoms with Gasteiger partial charge in [0.05, 0.1) is 11.5 Å². The Morgan fingerprint density at radius 3 is 2.79 bits per heavy atom. The molecule has 9 heteroatoms. The minimum absolute atomic E-state index is 0.0555. The zero-order valence-electron chi connectivity index (χ0n) is 15.7. The minimum Gasteiger partial charge on any atom is -0.493 e. The van der Waals surface area contributed by atoms with Gasteiger partial charge in [0.25, 0.3) is 5.91 Å². The molecule has 0 spiro atoms. The van der Waals surface area contributed by atoms with Gasteiger partial charge in [-0.1, -0.05) is 19.9 Å².